The van der Waals surface area contributed by atoms with Crippen LogP contribution in [0.25, 0.3) is 0 Å². The monoisotopic (exact) mass is 400 g/mol. The van der Waals surface area contributed by atoms with Crippen molar-refractivity contribution in [1.29, 1.82) is 0 Å². The zero-order valence-corrected chi connectivity index (χ0v) is 17.4. The molecule has 0 bridgehead atoms. The highest BCUT2D eigenvalue weighted by Crippen LogP contribution is 2.42. The van der Waals surface area contributed by atoms with E-state index in [0.717, 1.165) is 34.1 Å². The third-order valence-electron chi connectivity index (χ3n) is 5.53. The van der Waals surface area contributed by atoms with Crippen LogP contribution in [0.15, 0.2) is 41.6 Å². The lowest BCUT2D eigenvalue weighted by molar-refractivity contribution is 0.288. The number of rotatable bonds is 6. The van der Waals surface area contributed by atoms with Gasteiger partial charge in [-0.2, -0.15) is 0 Å². The topological polar surface area (TPSA) is 81.5 Å². The second kappa shape index (κ2) is 9.05. The summed E-state index contributed by atoms with van der Waals surface area (Å²) in [6.07, 6.45) is 0.546. The number of benzene rings is 2. The van der Waals surface area contributed by atoms with Gasteiger partial charge in [0.1, 0.15) is 23.0 Å². The molecule has 3 atom stereocenters. The summed E-state index contributed by atoms with van der Waals surface area (Å²) in [5.74, 6) is 2.91. The van der Waals surface area contributed by atoms with E-state index in [1.54, 1.807) is 28.4 Å². The number of hydrogen-bond acceptors (Lipinski definition) is 7. The van der Waals surface area contributed by atoms with Crippen molar-refractivity contribution in [3.63, 3.8) is 0 Å². The molecule has 2 aromatic carbocycles. The number of piperidine rings is 1. The lowest BCUT2D eigenvalue weighted by atomic mass is 9.81. The van der Waals surface area contributed by atoms with Gasteiger partial charge >= 0.3 is 0 Å². The van der Waals surface area contributed by atoms with Crippen LogP contribution >= 0.6 is 0 Å². The van der Waals surface area contributed by atoms with E-state index in [0.29, 0.717) is 12.1 Å². The van der Waals surface area contributed by atoms with Crippen LogP contribution in [0.2, 0.25) is 0 Å². The zero-order valence-electron chi connectivity index (χ0n) is 17.4. The number of oxime groups is 1. The van der Waals surface area contributed by atoms with Gasteiger partial charge in [0.2, 0.25) is 0 Å². The maximum atomic E-state index is 9.69. The standard InChI is InChI=1S/C22H28N2O5/c1-13-18(24-25)12-19(16-10-14(26-2)6-8-20(16)28-4)23-22(13)17-11-15(27-3)7-9-21(17)29-5/h6-11,13,19,22-23,25H,12H2,1-5H3/b24-18+/t13-,19-,22+/m0/s1. The fourth-order valence-electron chi connectivity index (χ4n) is 3.89. The molecule has 29 heavy (non-hydrogen) atoms. The summed E-state index contributed by atoms with van der Waals surface area (Å²) in [6, 6.07) is 11.1. The normalized spacial score (nSPS) is 22.9. The van der Waals surface area contributed by atoms with E-state index in [2.05, 4.69) is 10.5 Å². The lowest BCUT2D eigenvalue weighted by Gasteiger charge is -2.38. The summed E-state index contributed by atoms with van der Waals surface area (Å²) in [5.41, 5.74) is 2.58. The molecule has 0 unspecified atom stereocenters. The first-order valence-corrected chi connectivity index (χ1v) is 9.47. The fraction of sp³-hybridized carbons (Fsp3) is 0.409. The SMILES string of the molecule is COc1ccc(OC)c([C@@H]2C/C(=N\O)[C@H](C)[C@H](c3cc(OC)ccc3OC)N2)c1. The molecule has 1 saturated heterocycles. The largest absolute Gasteiger partial charge is 0.497 e. The second-order valence-electron chi connectivity index (χ2n) is 7.00. The van der Waals surface area contributed by atoms with Gasteiger partial charge in [-0.15, -0.1) is 0 Å². The summed E-state index contributed by atoms with van der Waals surface area (Å²) in [4.78, 5) is 0. The van der Waals surface area contributed by atoms with Crippen LogP contribution in [0.3, 0.4) is 0 Å². The third-order valence-corrected chi connectivity index (χ3v) is 5.53. The lowest BCUT2D eigenvalue weighted by Crippen LogP contribution is -2.41. The first-order valence-electron chi connectivity index (χ1n) is 9.47. The molecule has 0 saturated carbocycles. The molecule has 0 radical (unpaired) electrons. The Labute approximate surface area is 171 Å². The first-order chi connectivity index (χ1) is 14.1. The van der Waals surface area contributed by atoms with Crippen molar-refractivity contribution >= 4 is 5.71 Å². The van der Waals surface area contributed by atoms with Gasteiger partial charge in [-0.25, -0.2) is 0 Å². The predicted octanol–water partition coefficient (Wildman–Crippen LogP) is 3.96. The maximum Gasteiger partial charge on any atom is 0.123 e. The average Bonchev–Trinajstić information content (AvgIpc) is 2.78. The van der Waals surface area contributed by atoms with Crippen LogP contribution in [0.4, 0.5) is 0 Å². The van der Waals surface area contributed by atoms with Crippen molar-refractivity contribution in [2.24, 2.45) is 11.1 Å². The van der Waals surface area contributed by atoms with E-state index in [9.17, 15) is 5.21 Å². The van der Waals surface area contributed by atoms with Crippen molar-refractivity contribution in [2.45, 2.75) is 25.4 Å². The van der Waals surface area contributed by atoms with E-state index in [-0.39, 0.29) is 18.0 Å². The summed E-state index contributed by atoms with van der Waals surface area (Å²) in [7, 11) is 6.54. The molecule has 2 N–H and O–H groups in total. The van der Waals surface area contributed by atoms with E-state index < -0.39 is 0 Å². The summed E-state index contributed by atoms with van der Waals surface area (Å²) >= 11 is 0. The molecule has 1 aliphatic heterocycles. The Balaban J connectivity index is 2.07. The molecule has 7 heteroatoms. The Morgan fingerprint density at radius 2 is 1.41 bits per heavy atom. The Kier molecular flexibility index (Phi) is 6.49. The van der Waals surface area contributed by atoms with Gasteiger partial charge in [-0.1, -0.05) is 12.1 Å². The molecule has 1 aliphatic rings. The molecule has 3 rings (SSSR count). The summed E-state index contributed by atoms with van der Waals surface area (Å²) in [6.45, 7) is 2.03. The van der Waals surface area contributed by atoms with Crippen molar-refractivity contribution in [3.05, 3.63) is 47.5 Å². The number of nitrogens with one attached hydrogen (secondary N) is 1. The Bertz CT molecular complexity index is 884. The highest BCUT2D eigenvalue weighted by atomic mass is 16.5. The smallest absolute Gasteiger partial charge is 0.123 e. The van der Waals surface area contributed by atoms with Crippen molar-refractivity contribution in [2.75, 3.05) is 28.4 Å². The predicted molar refractivity (Wildman–Crippen MR) is 111 cm³/mol. The van der Waals surface area contributed by atoms with Gasteiger partial charge < -0.3 is 29.5 Å². The second-order valence-corrected chi connectivity index (χ2v) is 7.00. The molecular formula is C22H28N2O5. The molecule has 2 aromatic rings. The van der Waals surface area contributed by atoms with E-state index in [1.165, 1.54) is 0 Å². The molecule has 0 spiro atoms. The van der Waals surface area contributed by atoms with E-state index in [4.69, 9.17) is 18.9 Å². The molecule has 0 amide bonds. The molecule has 7 nitrogen and oxygen atoms in total. The summed E-state index contributed by atoms with van der Waals surface area (Å²) in [5, 5.41) is 17.0. The Morgan fingerprint density at radius 3 is 1.93 bits per heavy atom. The van der Waals surface area contributed by atoms with Gasteiger partial charge in [-0.05, 0) is 36.4 Å². The first kappa shape index (κ1) is 20.8. The van der Waals surface area contributed by atoms with Gasteiger partial charge in [0, 0.05) is 35.5 Å². The highest BCUT2D eigenvalue weighted by Gasteiger charge is 2.36. The van der Waals surface area contributed by atoms with Gasteiger partial charge in [0.05, 0.1) is 34.2 Å². The maximum absolute atomic E-state index is 9.69. The Morgan fingerprint density at radius 1 is 0.862 bits per heavy atom. The van der Waals surface area contributed by atoms with Gasteiger partial charge in [0.15, 0.2) is 0 Å². The van der Waals surface area contributed by atoms with Crippen LogP contribution in [-0.2, 0) is 0 Å². The summed E-state index contributed by atoms with van der Waals surface area (Å²) < 4.78 is 22.0. The number of hydrogen-bond donors (Lipinski definition) is 2. The third kappa shape index (κ3) is 4.10. The van der Waals surface area contributed by atoms with Crippen LogP contribution in [0.5, 0.6) is 23.0 Å². The van der Waals surface area contributed by atoms with E-state index in [1.807, 2.05) is 43.3 Å². The number of methoxy groups -OCH3 is 4. The minimum absolute atomic E-state index is 0.0474. The zero-order chi connectivity index (χ0) is 21.0. The molecule has 1 fully saturated rings. The quantitative estimate of drug-likeness (QED) is 0.564. The average molecular weight is 400 g/mol. The molecule has 156 valence electrons. The molecule has 0 aromatic heterocycles. The van der Waals surface area contributed by atoms with Crippen molar-refractivity contribution < 1.29 is 24.2 Å². The molecule has 0 aliphatic carbocycles. The van der Waals surface area contributed by atoms with E-state index >= 15 is 0 Å². The van der Waals surface area contributed by atoms with Gasteiger partial charge in [0.25, 0.3) is 0 Å². The number of nitrogens with zero attached hydrogens (tertiary/aromatic N) is 1. The molecule has 1 heterocycles. The number of ether oxygens (including phenoxy) is 4. The van der Waals surface area contributed by atoms with Crippen LogP contribution < -0.4 is 24.3 Å². The van der Waals surface area contributed by atoms with Crippen molar-refractivity contribution in [1.82, 2.24) is 5.32 Å². The van der Waals surface area contributed by atoms with Crippen LogP contribution in [0.1, 0.15) is 36.6 Å². The van der Waals surface area contributed by atoms with Crippen LogP contribution in [0, 0.1) is 5.92 Å². The van der Waals surface area contributed by atoms with Gasteiger partial charge in [-0.3, -0.25) is 0 Å². The minimum atomic E-state index is -0.152. The Hall–Kier alpha value is -2.93. The minimum Gasteiger partial charge on any atom is -0.497 e. The highest BCUT2D eigenvalue weighted by molar-refractivity contribution is 5.88. The van der Waals surface area contributed by atoms with Crippen molar-refractivity contribution in [3.8, 4) is 23.0 Å². The van der Waals surface area contributed by atoms with Crippen LogP contribution in [-0.4, -0.2) is 39.4 Å². The fourth-order valence-corrected chi connectivity index (χ4v) is 3.89. The molecular weight excluding hydrogens is 372 g/mol.